The van der Waals surface area contributed by atoms with Crippen LogP contribution in [0.1, 0.15) is 13.8 Å². The highest BCUT2D eigenvalue weighted by atomic mass is 32.1. The van der Waals surface area contributed by atoms with Gasteiger partial charge in [0.1, 0.15) is 0 Å². The molecule has 2 rings (SSSR count). The lowest BCUT2D eigenvalue weighted by atomic mass is 10.2. The van der Waals surface area contributed by atoms with Crippen LogP contribution in [0.15, 0.2) is 29.6 Å². The summed E-state index contributed by atoms with van der Waals surface area (Å²) in [6.45, 7) is 5.21. The topological polar surface area (TPSA) is 41.1 Å². The summed E-state index contributed by atoms with van der Waals surface area (Å²) < 4.78 is 1.27. The summed E-state index contributed by atoms with van der Waals surface area (Å²) in [6, 6.07) is 8.24. The van der Waals surface area contributed by atoms with Crippen LogP contribution >= 0.6 is 11.3 Å². The second-order valence-electron chi connectivity index (χ2n) is 4.72. The molecule has 2 aromatic rings. The van der Waals surface area contributed by atoms with Crippen LogP contribution in [-0.2, 0) is 4.79 Å². The van der Waals surface area contributed by atoms with Crippen molar-refractivity contribution in [3.8, 4) is 0 Å². The van der Waals surface area contributed by atoms with Crippen molar-refractivity contribution in [1.29, 1.82) is 0 Å². The van der Waals surface area contributed by atoms with Gasteiger partial charge < -0.3 is 10.6 Å². The van der Waals surface area contributed by atoms with E-state index in [1.54, 1.807) is 11.3 Å². The SMILES string of the molecule is CC(C)CNC(=O)CNc1ccc2sccc2c1. The summed E-state index contributed by atoms with van der Waals surface area (Å²) in [5.74, 6) is 0.519. The number of carbonyl (C=O) groups excluding carboxylic acids is 1. The summed E-state index contributed by atoms with van der Waals surface area (Å²) >= 11 is 1.72. The van der Waals surface area contributed by atoms with Gasteiger partial charge in [-0.15, -0.1) is 11.3 Å². The van der Waals surface area contributed by atoms with Gasteiger partial charge in [0.05, 0.1) is 6.54 Å². The summed E-state index contributed by atoms with van der Waals surface area (Å²) in [5.41, 5.74) is 0.987. The first-order chi connectivity index (χ1) is 8.65. The molecule has 2 N–H and O–H groups in total. The van der Waals surface area contributed by atoms with Crippen LogP contribution < -0.4 is 10.6 Å². The molecule has 96 valence electrons. The zero-order valence-corrected chi connectivity index (χ0v) is 11.5. The Kier molecular flexibility index (Phi) is 4.20. The van der Waals surface area contributed by atoms with Gasteiger partial charge in [0.25, 0.3) is 0 Å². The fourth-order valence-electron chi connectivity index (χ4n) is 1.64. The first-order valence-electron chi connectivity index (χ1n) is 6.13. The molecule has 0 radical (unpaired) electrons. The summed E-state index contributed by atoms with van der Waals surface area (Å²) in [4.78, 5) is 11.6. The molecule has 0 aliphatic heterocycles. The lowest BCUT2D eigenvalue weighted by Crippen LogP contribution is -2.32. The molecule has 1 aromatic heterocycles. The third-order valence-electron chi connectivity index (χ3n) is 2.61. The van der Waals surface area contributed by atoms with Crippen molar-refractivity contribution < 1.29 is 4.79 Å². The van der Waals surface area contributed by atoms with Crippen LogP contribution in [0.5, 0.6) is 0 Å². The average molecular weight is 262 g/mol. The number of hydrogen-bond donors (Lipinski definition) is 2. The van der Waals surface area contributed by atoms with E-state index in [-0.39, 0.29) is 5.91 Å². The minimum absolute atomic E-state index is 0.0362. The van der Waals surface area contributed by atoms with Crippen LogP contribution in [0.3, 0.4) is 0 Å². The maximum atomic E-state index is 11.6. The molecule has 4 heteroatoms. The van der Waals surface area contributed by atoms with Gasteiger partial charge in [0.2, 0.25) is 5.91 Å². The summed E-state index contributed by atoms with van der Waals surface area (Å²) in [6.07, 6.45) is 0. The van der Waals surface area contributed by atoms with E-state index in [0.717, 1.165) is 12.2 Å². The van der Waals surface area contributed by atoms with Crippen molar-refractivity contribution in [3.63, 3.8) is 0 Å². The van der Waals surface area contributed by atoms with E-state index in [1.807, 2.05) is 6.07 Å². The molecular weight excluding hydrogens is 244 g/mol. The molecule has 0 aliphatic rings. The summed E-state index contributed by atoms with van der Waals surface area (Å²) in [7, 11) is 0. The van der Waals surface area contributed by atoms with Gasteiger partial charge in [-0.2, -0.15) is 0 Å². The van der Waals surface area contributed by atoms with Crippen LogP contribution in [0.4, 0.5) is 5.69 Å². The molecule has 1 heterocycles. The predicted octanol–water partition coefficient (Wildman–Crippen LogP) is 3.09. The van der Waals surface area contributed by atoms with Crippen molar-refractivity contribution in [3.05, 3.63) is 29.6 Å². The third kappa shape index (κ3) is 3.47. The Balaban J connectivity index is 1.87. The largest absolute Gasteiger partial charge is 0.376 e. The molecule has 1 aromatic carbocycles. The highest BCUT2D eigenvalue weighted by Gasteiger charge is 2.02. The Morgan fingerprint density at radius 2 is 2.17 bits per heavy atom. The van der Waals surface area contributed by atoms with Crippen molar-refractivity contribution in [2.24, 2.45) is 5.92 Å². The highest BCUT2D eigenvalue weighted by Crippen LogP contribution is 2.23. The molecule has 0 unspecified atom stereocenters. The Hall–Kier alpha value is -1.55. The number of nitrogens with one attached hydrogen (secondary N) is 2. The second-order valence-corrected chi connectivity index (χ2v) is 5.67. The Labute approximate surface area is 111 Å². The van der Waals surface area contributed by atoms with Crippen molar-refractivity contribution in [1.82, 2.24) is 5.32 Å². The molecule has 18 heavy (non-hydrogen) atoms. The first kappa shape index (κ1) is 12.9. The quantitative estimate of drug-likeness (QED) is 0.869. The number of carbonyl (C=O) groups is 1. The number of thiophene rings is 1. The lowest BCUT2D eigenvalue weighted by molar-refractivity contribution is -0.119. The molecule has 1 amide bonds. The van der Waals surface area contributed by atoms with Crippen LogP contribution in [0.25, 0.3) is 10.1 Å². The van der Waals surface area contributed by atoms with E-state index in [0.29, 0.717) is 12.5 Å². The molecule has 0 saturated carbocycles. The van der Waals surface area contributed by atoms with Crippen molar-refractivity contribution in [2.75, 3.05) is 18.4 Å². The average Bonchev–Trinajstić information content (AvgIpc) is 2.81. The number of anilines is 1. The van der Waals surface area contributed by atoms with Crippen molar-refractivity contribution in [2.45, 2.75) is 13.8 Å². The lowest BCUT2D eigenvalue weighted by Gasteiger charge is -2.09. The molecule has 0 fully saturated rings. The first-order valence-corrected chi connectivity index (χ1v) is 7.01. The molecule has 0 atom stereocenters. The van der Waals surface area contributed by atoms with E-state index in [2.05, 4.69) is 48.1 Å². The number of fused-ring (bicyclic) bond motifs is 1. The fourth-order valence-corrected chi connectivity index (χ4v) is 2.41. The summed E-state index contributed by atoms with van der Waals surface area (Å²) in [5, 5.41) is 9.32. The smallest absolute Gasteiger partial charge is 0.239 e. The van der Waals surface area contributed by atoms with Crippen LogP contribution in [0, 0.1) is 5.92 Å². The zero-order valence-electron chi connectivity index (χ0n) is 10.7. The van der Waals surface area contributed by atoms with Gasteiger partial charge in [-0.25, -0.2) is 0 Å². The van der Waals surface area contributed by atoms with Crippen LogP contribution in [-0.4, -0.2) is 19.0 Å². The normalized spacial score (nSPS) is 10.8. The minimum Gasteiger partial charge on any atom is -0.376 e. The third-order valence-corrected chi connectivity index (χ3v) is 3.51. The molecular formula is C14H18N2OS. The van der Waals surface area contributed by atoms with E-state index < -0.39 is 0 Å². The zero-order chi connectivity index (χ0) is 13.0. The monoisotopic (exact) mass is 262 g/mol. The van der Waals surface area contributed by atoms with E-state index >= 15 is 0 Å². The number of amides is 1. The van der Waals surface area contributed by atoms with E-state index in [1.165, 1.54) is 10.1 Å². The maximum absolute atomic E-state index is 11.6. The molecule has 0 spiro atoms. The highest BCUT2D eigenvalue weighted by molar-refractivity contribution is 7.17. The molecule has 3 nitrogen and oxygen atoms in total. The molecule has 0 aliphatic carbocycles. The Morgan fingerprint density at radius 1 is 1.33 bits per heavy atom. The van der Waals surface area contributed by atoms with Crippen LogP contribution in [0.2, 0.25) is 0 Å². The standard InChI is InChI=1S/C14H18N2OS/c1-10(2)8-16-14(17)9-15-12-3-4-13-11(7-12)5-6-18-13/h3-7,10,15H,8-9H2,1-2H3,(H,16,17). The van der Waals surface area contributed by atoms with E-state index in [9.17, 15) is 4.79 Å². The Morgan fingerprint density at radius 3 is 2.94 bits per heavy atom. The molecule has 0 bridgehead atoms. The predicted molar refractivity (Wildman–Crippen MR) is 78.2 cm³/mol. The van der Waals surface area contributed by atoms with Gasteiger partial charge in [-0.1, -0.05) is 13.8 Å². The Bertz CT molecular complexity index is 533. The number of hydrogen-bond acceptors (Lipinski definition) is 3. The van der Waals surface area contributed by atoms with E-state index in [4.69, 9.17) is 0 Å². The van der Waals surface area contributed by atoms with Gasteiger partial charge in [0.15, 0.2) is 0 Å². The van der Waals surface area contributed by atoms with Gasteiger partial charge in [-0.05, 0) is 40.9 Å². The van der Waals surface area contributed by atoms with Gasteiger partial charge in [0, 0.05) is 16.9 Å². The van der Waals surface area contributed by atoms with Gasteiger partial charge >= 0.3 is 0 Å². The maximum Gasteiger partial charge on any atom is 0.239 e. The fraction of sp³-hybridized carbons (Fsp3) is 0.357. The molecule has 0 saturated heterocycles. The second kappa shape index (κ2) is 5.87. The number of rotatable bonds is 5. The minimum atomic E-state index is 0.0362. The number of benzene rings is 1. The van der Waals surface area contributed by atoms with Gasteiger partial charge in [-0.3, -0.25) is 4.79 Å². The van der Waals surface area contributed by atoms with Crippen molar-refractivity contribution >= 4 is 33.0 Å².